The largest absolute Gasteiger partial charge is 0.396 e. The van der Waals surface area contributed by atoms with Crippen molar-refractivity contribution in [3.63, 3.8) is 0 Å². The molecule has 2 rings (SSSR count). The quantitative estimate of drug-likeness (QED) is 0.825. The van der Waals surface area contributed by atoms with Gasteiger partial charge in [0.25, 0.3) is 0 Å². The molecule has 2 heterocycles. The standard InChI is InChI=1S/C12H22O5S/c1-12(16-9-10(17-12)5-6-13)8-11-4-2-3-7-18(11,14)15/h10-11,13H,2-9H2,1H3. The Morgan fingerprint density at radius 3 is 2.83 bits per heavy atom. The Labute approximate surface area is 108 Å². The average Bonchev–Trinajstić information content (AvgIpc) is 2.64. The number of sulfone groups is 1. The molecule has 0 radical (unpaired) electrons. The fourth-order valence-electron chi connectivity index (χ4n) is 2.75. The van der Waals surface area contributed by atoms with Crippen LogP contribution in [-0.2, 0) is 19.3 Å². The van der Waals surface area contributed by atoms with Gasteiger partial charge in [0.15, 0.2) is 15.6 Å². The highest BCUT2D eigenvalue weighted by Crippen LogP contribution is 2.34. The molecule has 0 spiro atoms. The molecule has 1 N–H and O–H groups in total. The minimum atomic E-state index is -2.99. The first-order chi connectivity index (χ1) is 8.45. The molecule has 106 valence electrons. The first kappa shape index (κ1) is 14.2. The highest BCUT2D eigenvalue weighted by Gasteiger charge is 2.42. The van der Waals surface area contributed by atoms with E-state index in [-0.39, 0.29) is 23.7 Å². The summed E-state index contributed by atoms with van der Waals surface area (Å²) in [6.45, 7) is 2.30. The lowest BCUT2D eigenvalue weighted by atomic mass is 10.1. The van der Waals surface area contributed by atoms with Gasteiger partial charge in [0.1, 0.15) is 0 Å². The predicted octanol–water partition coefficient (Wildman–Crippen LogP) is 0.858. The summed E-state index contributed by atoms with van der Waals surface area (Å²) in [5, 5.41) is 8.53. The lowest BCUT2D eigenvalue weighted by Gasteiger charge is -2.30. The van der Waals surface area contributed by atoms with Gasteiger partial charge in [0, 0.05) is 13.0 Å². The van der Waals surface area contributed by atoms with E-state index in [4.69, 9.17) is 14.6 Å². The molecular weight excluding hydrogens is 256 g/mol. The van der Waals surface area contributed by atoms with Crippen molar-refractivity contribution in [3.8, 4) is 0 Å². The molecule has 0 saturated carbocycles. The molecule has 0 aromatic carbocycles. The van der Waals surface area contributed by atoms with Crippen LogP contribution in [0.3, 0.4) is 0 Å². The van der Waals surface area contributed by atoms with Crippen LogP contribution in [0.2, 0.25) is 0 Å². The van der Waals surface area contributed by atoms with Crippen molar-refractivity contribution < 1.29 is 23.0 Å². The average molecular weight is 278 g/mol. The lowest BCUT2D eigenvalue weighted by molar-refractivity contribution is -0.159. The van der Waals surface area contributed by atoms with Gasteiger partial charge in [0.05, 0.1) is 23.7 Å². The zero-order chi connectivity index (χ0) is 13.2. The molecule has 0 aromatic rings. The van der Waals surface area contributed by atoms with E-state index >= 15 is 0 Å². The van der Waals surface area contributed by atoms with Gasteiger partial charge < -0.3 is 14.6 Å². The third-order valence-corrected chi connectivity index (χ3v) is 6.03. The SMILES string of the molecule is CC1(CC2CCCCS2(=O)=O)OCC(CCO)O1. The lowest BCUT2D eigenvalue weighted by Crippen LogP contribution is -2.38. The first-order valence-corrected chi connectivity index (χ1v) is 8.31. The third kappa shape index (κ3) is 3.23. The van der Waals surface area contributed by atoms with Crippen LogP contribution in [0.4, 0.5) is 0 Å². The van der Waals surface area contributed by atoms with Gasteiger partial charge >= 0.3 is 0 Å². The van der Waals surface area contributed by atoms with Crippen LogP contribution in [0.25, 0.3) is 0 Å². The summed E-state index contributed by atoms with van der Waals surface area (Å²) >= 11 is 0. The molecule has 3 atom stereocenters. The topological polar surface area (TPSA) is 72.8 Å². The minimum absolute atomic E-state index is 0.0613. The van der Waals surface area contributed by atoms with E-state index in [1.807, 2.05) is 0 Å². The molecule has 6 heteroatoms. The molecule has 0 aliphatic carbocycles. The fourth-order valence-corrected chi connectivity index (χ4v) is 4.77. The summed E-state index contributed by atoms with van der Waals surface area (Å²) in [5.41, 5.74) is 0. The number of aliphatic hydroxyl groups is 1. The zero-order valence-electron chi connectivity index (χ0n) is 10.8. The van der Waals surface area contributed by atoms with E-state index < -0.39 is 15.6 Å². The Morgan fingerprint density at radius 2 is 2.17 bits per heavy atom. The van der Waals surface area contributed by atoms with Crippen molar-refractivity contribution in [1.82, 2.24) is 0 Å². The maximum Gasteiger partial charge on any atom is 0.167 e. The summed E-state index contributed by atoms with van der Waals surface area (Å²) in [5.74, 6) is -0.525. The van der Waals surface area contributed by atoms with Crippen molar-refractivity contribution in [3.05, 3.63) is 0 Å². The maximum atomic E-state index is 12.0. The third-order valence-electron chi connectivity index (χ3n) is 3.75. The molecule has 2 saturated heterocycles. The summed E-state index contributed by atoms with van der Waals surface area (Å²) in [6, 6.07) is 0. The molecule has 3 unspecified atom stereocenters. The normalized spacial score (nSPS) is 39.9. The molecular formula is C12H22O5S. The number of hydrogen-bond acceptors (Lipinski definition) is 5. The highest BCUT2D eigenvalue weighted by atomic mass is 32.2. The summed E-state index contributed by atoms with van der Waals surface area (Å²) in [6.07, 6.45) is 3.25. The summed E-state index contributed by atoms with van der Waals surface area (Å²) < 4.78 is 35.3. The molecule has 0 amide bonds. The number of ether oxygens (including phenoxy) is 2. The molecule has 2 aliphatic heterocycles. The molecule has 2 fully saturated rings. The van der Waals surface area contributed by atoms with Crippen molar-refractivity contribution in [2.45, 2.75) is 56.2 Å². The van der Waals surface area contributed by atoms with Gasteiger partial charge in [-0.2, -0.15) is 0 Å². The molecule has 5 nitrogen and oxygen atoms in total. The fraction of sp³-hybridized carbons (Fsp3) is 1.00. The second-order valence-electron chi connectivity index (χ2n) is 5.39. The van der Waals surface area contributed by atoms with Crippen LogP contribution >= 0.6 is 0 Å². The van der Waals surface area contributed by atoms with Crippen LogP contribution in [0.1, 0.15) is 39.0 Å². The number of rotatable bonds is 4. The Hall–Kier alpha value is -0.170. The first-order valence-electron chi connectivity index (χ1n) is 6.59. The van der Waals surface area contributed by atoms with Crippen LogP contribution in [0, 0.1) is 0 Å². The van der Waals surface area contributed by atoms with Crippen molar-refractivity contribution in [2.24, 2.45) is 0 Å². The van der Waals surface area contributed by atoms with Crippen molar-refractivity contribution >= 4 is 9.84 Å². The predicted molar refractivity (Wildman–Crippen MR) is 67.0 cm³/mol. The highest BCUT2D eigenvalue weighted by molar-refractivity contribution is 7.92. The number of hydrogen-bond donors (Lipinski definition) is 1. The van der Waals surface area contributed by atoms with Gasteiger partial charge in [-0.25, -0.2) is 8.42 Å². The Kier molecular flexibility index (Phi) is 4.31. The summed E-state index contributed by atoms with van der Waals surface area (Å²) in [4.78, 5) is 0. The molecule has 2 aliphatic rings. The second-order valence-corrected chi connectivity index (χ2v) is 7.79. The molecule has 18 heavy (non-hydrogen) atoms. The van der Waals surface area contributed by atoms with Gasteiger partial charge in [-0.15, -0.1) is 0 Å². The molecule has 0 bridgehead atoms. The van der Waals surface area contributed by atoms with Crippen LogP contribution in [-0.4, -0.2) is 49.6 Å². The van der Waals surface area contributed by atoms with E-state index in [2.05, 4.69) is 0 Å². The van der Waals surface area contributed by atoms with E-state index in [9.17, 15) is 8.42 Å². The second kappa shape index (κ2) is 5.45. The van der Waals surface area contributed by atoms with E-state index in [0.717, 1.165) is 12.8 Å². The Bertz CT molecular complexity index is 380. The van der Waals surface area contributed by atoms with E-state index in [0.29, 0.717) is 25.9 Å². The van der Waals surface area contributed by atoms with Crippen LogP contribution < -0.4 is 0 Å². The van der Waals surface area contributed by atoms with Crippen molar-refractivity contribution in [2.75, 3.05) is 19.0 Å². The van der Waals surface area contributed by atoms with Gasteiger partial charge in [-0.1, -0.05) is 6.42 Å². The minimum Gasteiger partial charge on any atom is -0.396 e. The Morgan fingerprint density at radius 1 is 1.39 bits per heavy atom. The van der Waals surface area contributed by atoms with Gasteiger partial charge in [-0.3, -0.25) is 0 Å². The van der Waals surface area contributed by atoms with Gasteiger partial charge in [-0.05, 0) is 26.2 Å². The van der Waals surface area contributed by atoms with Crippen LogP contribution in [0.5, 0.6) is 0 Å². The number of aliphatic hydroxyl groups excluding tert-OH is 1. The van der Waals surface area contributed by atoms with Crippen molar-refractivity contribution in [1.29, 1.82) is 0 Å². The zero-order valence-corrected chi connectivity index (χ0v) is 11.6. The smallest absolute Gasteiger partial charge is 0.167 e. The van der Waals surface area contributed by atoms with E-state index in [1.54, 1.807) is 6.92 Å². The maximum absolute atomic E-state index is 12.0. The monoisotopic (exact) mass is 278 g/mol. The Balaban J connectivity index is 1.96. The van der Waals surface area contributed by atoms with Gasteiger partial charge in [0.2, 0.25) is 0 Å². The van der Waals surface area contributed by atoms with Crippen LogP contribution in [0.15, 0.2) is 0 Å². The summed E-state index contributed by atoms with van der Waals surface area (Å²) in [7, 11) is -2.99. The van der Waals surface area contributed by atoms with E-state index in [1.165, 1.54) is 0 Å². The molecule has 0 aromatic heterocycles.